The number of rotatable bonds is 5. The third-order valence-electron chi connectivity index (χ3n) is 2.61. The molecule has 102 valence electrons. The quantitative estimate of drug-likeness (QED) is 0.812. The van der Waals surface area contributed by atoms with E-state index in [2.05, 4.69) is 4.72 Å². The summed E-state index contributed by atoms with van der Waals surface area (Å²) in [7, 11) is -3.50. The maximum absolute atomic E-state index is 12.3. The van der Waals surface area contributed by atoms with Crippen LogP contribution in [0.2, 0.25) is 0 Å². The molecule has 1 aromatic carbocycles. The molecular weight excluding hydrogens is 268 g/mol. The molecule has 4 nitrogen and oxygen atoms in total. The fraction of sp³-hybridized carbons (Fsp3) is 0.500. The van der Waals surface area contributed by atoms with E-state index >= 15 is 0 Å². The van der Waals surface area contributed by atoms with Gasteiger partial charge in [0.15, 0.2) is 0 Å². The molecule has 1 rings (SSSR count). The Bertz CT molecular complexity index is 527. The van der Waals surface area contributed by atoms with Crippen molar-refractivity contribution in [1.29, 1.82) is 0 Å². The van der Waals surface area contributed by atoms with Crippen LogP contribution in [0.4, 0.5) is 5.69 Å². The van der Waals surface area contributed by atoms with Gasteiger partial charge in [0.1, 0.15) is 0 Å². The summed E-state index contributed by atoms with van der Waals surface area (Å²) in [5.41, 5.74) is 7.76. The standard InChI is InChI=1S/C12H20N2O2S2/c1-8-5-11(13)10(3)12(6-8)18(15,16)14-9(2)7-17-4/h5-6,9,14H,7,13H2,1-4H3. The first-order chi connectivity index (χ1) is 8.27. The van der Waals surface area contributed by atoms with Crippen LogP contribution in [-0.2, 0) is 10.0 Å². The highest BCUT2D eigenvalue weighted by Gasteiger charge is 2.20. The monoisotopic (exact) mass is 288 g/mol. The molecule has 0 amide bonds. The Morgan fingerprint density at radius 2 is 2.00 bits per heavy atom. The number of anilines is 1. The molecule has 3 N–H and O–H groups in total. The van der Waals surface area contributed by atoms with Gasteiger partial charge in [-0.05, 0) is 50.3 Å². The Labute approximate surface area is 113 Å². The van der Waals surface area contributed by atoms with Crippen molar-refractivity contribution in [3.05, 3.63) is 23.3 Å². The third-order valence-corrected chi connectivity index (χ3v) is 5.16. The van der Waals surface area contributed by atoms with Crippen molar-refractivity contribution in [2.24, 2.45) is 0 Å². The minimum absolute atomic E-state index is 0.105. The predicted molar refractivity (Wildman–Crippen MR) is 78.5 cm³/mol. The molecule has 0 saturated heterocycles. The molecule has 0 heterocycles. The molecule has 1 aromatic rings. The van der Waals surface area contributed by atoms with E-state index < -0.39 is 10.0 Å². The fourth-order valence-electron chi connectivity index (χ4n) is 1.74. The lowest BCUT2D eigenvalue weighted by Crippen LogP contribution is -2.34. The van der Waals surface area contributed by atoms with Crippen LogP contribution in [0, 0.1) is 13.8 Å². The van der Waals surface area contributed by atoms with Crippen molar-refractivity contribution in [2.45, 2.75) is 31.7 Å². The topological polar surface area (TPSA) is 72.2 Å². The molecule has 0 aliphatic heterocycles. The number of nitrogens with one attached hydrogen (secondary N) is 1. The van der Waals surface area contributed by atoms with E-state index in [0.29, 0.717) is 11.3 Å². The largest absolute Gasteiger partial charge is 0.398 e. The van der Waals surface area contributed by atoms with Crippen molar-refractivity contribution in [1.82, 2.24) is 4.72 Å². The number of aryl methyl sites for hydroxylation is 1. The van der Waals surface area contributed by atoms with E-state index in [1.54, 1.807) is 30.8 Å². The molecule has 1 atom stereocenters. The highest BCUT2D eigenvalue weighted by atomic mass is 32.2. The Morgan fingerprint density at radius 1 is 1.39 bits per heavy atom. The third kappa shape index (κ3) is 3.63. The van der Waals surface area contributed by atoms with Gasteiger partial charge >= 0.3 is 0 Å². The van der Waals surface area contributed by atoms with Crippen LogP contribution < -0.4 is 10.5 Å². The van der Waals surface area contributed by atoms with Gasteiger partial charge in [0.05, 0.1) is 4.90 Å². The van der Waals surface area contributed by atoms with Crippen LogP contribution in [0.3, 0.4) is 0 Å². The van der Waals surface area contributed by atoms with Crippen LogP contribution in [0.15, 0.2) is 17.0 Å². The molecule has 0 saturated carbocycles. The summed E-state index contributed by atoms with van der Waals surface area (Å²) in [6.45, 7) is 5.41. The van der Waals surface area contributed by atoms with E-state index in [1.165, 1.54) is 0 Å². The first-order valence-electron chi connectivity index (χ1n) is 5.66. The maximum Gasteiger partial charge on any atom is 0.241 e. The minimum Gasteiger partial charge on any atom is -0.398 e. The molecule has 0 fully saturated rings. The van der Waals surface area contributed by atoms with E-state index in [9.17, 15) is 8.42 Å². The molecule has 0 bridgehead atoms. The van der Waals surface area contributed by atoms with E-state index in [4.69, 9.17) is 5.73 Å². The highest BCUT2D eigenvalue weighted by molar-refractivity contribution is 7.98. The van der Waals surface area contributed by atoms with Gasteiger partial charge in [0, 0.05) is 17.5 Å². The first-order valence-corrected chi connectivity index (χ1v) is 8.53. The van der Waals surface area contributed by atoms with Gasteiger partial charge in [0.2, 0.25) is 10.0 Å². The second kappa shape index (κ2) is 5.95. The first kappa shape index (κ1) is 15.3. The van der Waals surface area contributed by atoms with Gasteiger partial charge in [-0.2, -0.15) is 11.8 Å². The number of nitrogen functional groups attached to an aromatic ring is 1. The molecule has 6 heteroatoms. The SMILES string of the molecule is CSCC(C)NS(=O)(=O)c1cc(C)cc(N)c1C. The molecule has 1 unspecified atom stereocenters. The Morgan fingerprint density at radius 3 is 2.56 bits per heavy atom. The van der Waals surface area contributed by atoms with E-state index in [1.807, 2.05) is 20.1 Å². The highest BCUT2D eigenvalue weighted by Crippen LogP contribution is 2.23. The number of hydrogen-bond acceptors (Lipinski definition) is 4. The number of sulfonamides is 1. The van der Waals surface area contributed by atoms with Crippen LogP contribution in [0.25, 0.3) is 0 Å². The zero-order valence-electron chi connectivity index (χ0n) is 11.1. The second-order valence-corrected chi connectivity index (χ2v) is 7.05. The van der Waals surface area contributed by atoms with E-state index in [0.717, 1.165) is 11.3 Å². The number of benzene rings is 1. The van der Waals surface area contributed by atoms with Gasteiger partial charge in [-0.1, -0.05) is 0 Å². The minimum atomic E-state index is -3.50. The van der Waals surface area contributed by atoms with Gasteiger partial charge in [0.25, 0.3) is 0 Å². The van der Waals surface area contributed by atoms with Crippen molar-refractivity contribution in [3.63, 3.8) is 0 Å². The van der Waals surface area contributed by atoms with Crippen LogP contribution >= 0.6 is 11.8 Å². The average molecular weight is 288 g/mol. The van der Waals surface area contributed by atoms with Crippen molar-refractivity contribution >= 4 is 27.5 Å². The molecule has 0 spiro atoms. The molecule has 0 radical (unpaired) electrons. The van der Waals surface area contributed by atoms with Crippen LogP contribution in [0.5, 0.6) is 0 Å². The summed E-state index contributed by atoms with van der Waals surface area (Å²) in [4.78, 5) is 0.271. The number of thioether (sulfide) groups is 1. The number of hydrogen-bond donors (Lipinski definition) is 2. The smallest absolute Gasteiger partial charge is 0.241 e. The lowest BCUT2D eigenvalue weighted by molar-refractivity contribution is 0.570. The summed E-state index contributed by atoms with van der Waals surface area (Å²) >= 11 is 1.60. The van der Waals surface area contributed by atoms with E-state index in [-0.39, 0.29) is 10.9 Å². The molecular formula is C12H20N2O2S2. The molecule has 18 heavy (non-hydrogen) atoms. The summed E-state index contributed by atoms with van der Waals surface area (Å²) in [5, 5.41) is 0. The van der Waals surface area contributed by atoms with Gasteiger partial charge in [-0.3, -0.25) is 0 Å². The summed E-state index contributed by atoms with van der Waals surface area (Å²) in [6.07, 6.45) is 1.95. The molecule has 0 aliphatic carbocycles. The van der Waals surface area contributed by atoms with Crippen LogP contribution in [0.1, 0.15) is 18.1 Å². The molecule has 0 aromatic heterocycles. The predicted octanol–water partition coefficient (Wildman–Crippen LogP) is 1.92. The molecule has 0 aliphatic rings. The van der Waals surface area contributed by atoms with Crippen molar-refractivity contribution in [3.8, 4) is 0 Å². The van der Waals surface area contributed by atoms with Crippen LogP contribution in [-0.4, -0.2) is 26.5 Å². The van der Waals surface area contributed by atoms with Crippen molar-refractivity contribution < 1.29 is 8.42 Å². The van der Waals surface area contributed by atoms with Gasteiger partial charge < -0.3 is 5.73 Å². The lowest BCUT2D eigenvalue weighted by Gasteiger charge is -2.16. The fourth-order valence-corrected chi connectivity index (χ4v) is 4.03. The Hall–Kier alpha value is -0.720. The maximum atomic E-state index is 12.3. The Balaban J connectivity index is 3.13. The summed E-state index contributed by atoms with van der Waals surface area (Å²) < 4.78 is 27.2. The zero-order valence-corrected chi connectivity index (χ0v) is 12.8. The van der Waals surface area contributed by atoms with Gasteiger partial charge in [-0.25, -0.2) is 13.1 Å². The normalized spacial score (nSPS) is 13.6. The lowest BCUT2D eigenvalue weighted by atomic mass is 10.1. The van der Waals surface area contributed by atoms with Gasteiger partial charge in [-0.15, -0.1) is 0 Å². The average Bonchev–Trinajstić information content (AvgIpc) is 2.22. The van der Waals surface area contributed by atoms with Crippen molar-refractivity contribution in [2.75, 3.05) is 17.7 Å². The summed E-state index contributed by atoms with van der Waals surface area (Å²) in [5.74, 6) is 0.736. The number of nitrogens with two attached hydrogens (primary N) is 1. The summed E-state index contributed by atoms with van der Waals surface area (Å²) in [6, 6.07) is 3.32. The zero-order chi connectivity index (χ0) is 13.9. The second-order valence-electron chi connectivity index (χ2n) is 4.45. The Kier molecular flexibility index (Phi) is 5.07.